The fourth-order valence-electron chi connectivity index (χ4n) is 2.85. The highest BCUT2D eigenvalue weighted by Gasteiger charge is 2.29. The molecular formula is C16H19N3. The van der Waals surface area contributed by atoms with Crippen molar-refractivity contribution in [3.8, 4) is 0 Å². The number of aromatic nitrogens is 1. The zero-order valence-electron chi connectivity index (χ0n) is 11.1. The molecule has 0 fully saturated rings. The molecule has 3 N–H and O–H groups in total. The normalized spacial score (nSPS) is 23.1. The van der Waals surface area contributed by atoms with E-state index in [1.165, 1.54) is 11.1 Å². The van der Waals surface area contributed by atoms with Gasteiger partial charge in [0.2, 0.25) is 0 Å². The van der Waals surface area contributed by atoms with E-state index in [0.717, 1.165) is 12.1 Å². The summed E-state index contributed by atoms with van der Waals surface area (Å²) in [6, 6.07) is 15.2. The molecule has 0 spiro atoms. The molecule has 0 amide bonds. The summed E-state index contributed by atoms with van der Waals surface area (Å²) < 4.78 is 0. The molecule has 3 rings (SSSR count). The number of nitrogens with zero attached hydrogens (tertiary/aromatic N) is 1. The van der Waals surface area contributed by atoms with Crippen LogP contribution in [0.2, 0.25) is 0 Å². The summed E-state index contributed by atoms with van der Waals surface area (Å²) in [5.74, 6) is 0. The first kappa shape index (κ1) is 12.3. The summed E-state index contributed by atoms with van der Waals surface area (Å²) in [6.07, 6.45) is 2.79. The van der Waals surface area contributed by atoms with Crippen LogP contribution >= 0.6 is 0 Å². The molecule has 0 saturated heterocycles. The Morgan fingerprint density at radius 2 is 1.89 bits per heavy atom. The van der Waals surface area contributed by atoms with E-state index in [4.69, 9.17) is 5.73 Å². The van der Waals surface area contributed by atoms with Crippen molar-refractivity contribution in [1.82, 2.24) is 10.3 Å². The Balaban J connectivity index is 1.79. The van der Waals surface area contributed by atoms with Crippen molar-refractivity contribution in [2.24, 2.45) is 5.73 Å². The number of hydrogen-bond acceptors (Lipinski definition) is 3. The summed E-state index contributed by atoms with van der Waals surface area (Å²) >= 11 is 0. The van der Waals surface area contributed by atoms with Gasteiger partial charge in [0.15, 0.2) is 0 Å². The smallest absolute Gasteiger partial charge is 0.0570 e. The molecule has 0 saturated carbocycles. The molecule has 1 aromatic heterocycles. The van der Waals surface area contributed by atoms with Crippen molar-refractivity contribution < 1.29 is 0 Å². The standard InChI is InChI=1S/C16H19N3/c1-11(15-8-4-5-9-18-15)19-16-10-14(17)12-6-2-3-7-13(12)16/h2-9,11,14,16,19H,10,17H2,1H3/t11-,14?,16?/m1/s1. The number of hydrogen-bond donors (Lipinski definition) is 2. The van der Waals surface area contributed by atoms with Crippen molar-refractivity contribution in [2.45, 2.75) is 31.5 Å². The van der Waals surface area contributed by atoms with E-state index in [2.05, 4.69) is 47.6 Å². The lowest BCUT2D eigenvalue weighted by Gasteiger charge is -2.20. The van der Waals surface area contributed by atoms with Crippen molar-refractivity contribution in [1.29, 1.82) is 0 Å². The van der Waals surface area contributed by atoms with Gasteiger partial charge in [-0.2, -0.15) is 0 Å². The maximum atomic E-state index is 6.20. The van der Waals surface area contributed by atoms with Gasteiger partial charge in [-0.05, 0) is 36.6 Å². The Morgan fingerprint density at radius 1 is 1.16 bits per heavy atom. The van der Waals surface area contributed by atoms with Crippen LogP contribution in [0.4, 0.5) is 0 Å². The van der Waals surface area contributed by atoms with Crippen LogP contribution in [0, 0.1) is 0 Å². The molecule has 1 aliphatic rings. The predicted octanol–water partition coefficient (Wildman–Crippen LogP) is 2.88. The number of fused-ring (bicyclic) bond motifs is 1. The minimum Gasteiger partial charge on any atom is -0.324 e. The lowest BCUT2D eigenvalue weighted by atomic mass is 10.1. The first-order valence-electron chi connectivity index (χ1n) is 6.77. The lowest BCUT2D eigenvalue weighted by molar-refractivity contribution is 0.440. The molecule has 1 aromatic carbocycles. The van der Waals surface area contributed by atoms with Crippen molar-refractivity contribution in [3.05, 3.63) is 65.5 Å². The second-order valence-corrected chi connectivity index (χ2v) is 5.17. The Kier molecular flexibility index (Phi) is 3.32. The van der Waals surface area contributed by atoms with Gasteiger partial charge in [0.1, 0.15) is 0 Å². The van der Waals surface area contributed by atoms with Gasteiger partial charge in [0.25, 0.3) is 0 Å². The van der Waals surface area contributed by atoms with E-state index >= 15 is 0 Å². The predicted molar refractivity (Wildman–Crippen MR) is 76.5 cm³/mol. The van der Waals surface area contributed by atoms with Gasteiger partial charge < -0.3 is 11.1 Å². The highest BCUT2D eigenvalue weighted by molar-refractivity contribution is 5.37. The number of pyridine rings is 1. The average molecular weight is 253 g/mol. The van der Waals surface area contributed by atoms with Crippen LogP contribution < -0.4 is 11.1 Å². The monoisotopic (exact) mass is 253 g/mol. The lowest BCUT2D eigenvalue weighted by Crippen LogP contribution is -2.24. The highest BCUT2D eigenvalue weighted by atomic mass is 15.0. The van der Waals surface area contributed by atoms with E-state index in [9.17, 15) is 0 Å². The third kappa shape index (κ3) is 2.39. The number of rotatable bonds is 3. The number of benzene rings is 1. The van der Waals surface area contributed by atoms with E-state index in [0.29, 0.717) is 6.04 Å². The summed E-state index contributed by atoms with van der Waals surface area (Å²) in [5.41, 5.74) is 9.87. The molecule has 3 heteroatoms. The molecule has 3 atom stereocenters. The summed E-state index contributed by atoms with van der Waals surface area (Å²) in [5, 5.41) is 3.64. The van der Waals surface area contributed by atoms with Gasteiger partial charge in [0, 0.05) is 24.3 Å². The minimum atomic E-state index is 0.143. The largest absolute Gasteiger partial charge is 0.324 e. The van der Waals surface area contributed by atoms with Gasteiger partial charge in [-0.3, -0.25) is 4.98 Å². The summed E-state index contributed by atoms with van der Waals surface area (Å²) in [6.45, 7) is 2.15. The van der Waals surface area contributed by atoms with Crippen LogP contribution in [0.1, 0.15) is 48.3 Å². The molecule has 2 aromatic rings. The van der Waals surface area contributed by atoms with Crippen molar-refractivity contribution >= 4 is 0 Å². The van der Waals surface area contributed by atoms with Crippen LogP contribution in [0.5, 0.6) is 0 Å². The number of nitrogens with one attached hydrogen (secondary N) is 1. The van der Waals surface area contributed by atoms with Crippen LogP contribution in [-0.4, -0.2) is 4.98 Å². The molecule has 0 bridgehead atoms. The topological polar surface area (TPSA) is 50.9 Å². The summed E-state index contributed by atoms with van der Waals surface area (Å²) in [7, 11) is 0. The maximum absolute atomic E-state index is 6.20. The Labute approximate surface area is 113 Å². The van der Waals surface area contributed by atoms with E-state index in [1.807, 2.05) is 18.3 Å². The third-order valence-corrected chi connectivity index (χ3v) is 3.84. The molecule has 1 heterocycles. The molecule has 1 aliphatic carbocycles. The molecule has 0 radical (unpaired) electrons. The average Bonchev–Trinajstić information content (AvgIpc) is 2.77. The second kappa shape index (κ2) is 5.11. The minimum absolute atomic E-state index is 0.143. The van der Waals surface area contributed by atoms with E-state index in [1.54, 1.807) is 0 Å². The van der Waals surface area contributed by atoms with E-state index in [-0.39, 0.29) is 12.1 Å². The third-order valence-electron chi connectivity index (χ3n) is 3.84. The zero-order valence-corrected chi connectivity index (χ0v) is 11.1. The SMILES string of the molecule is C[C@@H](NC1CC(N)c2ccccc21)c1ccccn1. The second-order valence-electron chi connectivity index (χ2n) is 5.17. The fourth-order valence-corrected chi connectivity index (χ4v) is 2.85. The Hall–Kier alpha value is -1.71. The Morgan fingerprint density at radius 3 is 2.63 bits per heavy atom. The first-order valence-corrected chi connectivity index (χ1v) is 6.77. The van der Waals surface area contributed by atoms with Gasteiger partial charge in [-0.25, -0.2) is 0 Å². The van der Waals surface area contributed by atoms with Crippen molar-refractivity contribution in [2.75, 3.05) is 0 Å². The van der Waals surface area contributed by atoms with Crippen molar-refractivity contribution in [3.63, 3.8) is 0 Å². The first-order chi connectivity index (χ1) is 9.25. The summed E-state index contributed by atoms with van der Waals surface area (Å²) in [4.78, 5) is 4.40. The van der Waals surface area contributed by atoms with Gasteiger partial charge in [-0.1, -0.05) is 30.3 Å². The number of nitrogens with two attached hydrogens (primary N) is 1. The van der Waals surface area contributed by atoms with Gasteiger partial charge in [0.05, 0.1) is 5.69 Å². The molecule has 98 valence electrons. The fraction of sp³-hybridized carbons (Fsp3) is 0.312. The quantitative estimate of drug-likeness (QED) is 0.884. The van der Waals surface area contributed by atoms with Crippen LogP contribution in [0.15, 0.2) is 48.7 Å². The molecule has 3 nitrogen and oxygen atoms in total. The molecule has 19 heavy (non-hydrogen) atoms. The van der Waals surface area contributed by atoms with Gasteiger partial charge >= 0.3 is 0 Å². The van der Waals surface area contributed by atoms with Crippen LogP contribution in [0.25, 0.3) is 0 Å². The zero-order chi connectivity index (χ0) is 13.2. The van der Waals surface area contributed by atoms with Crippen LogP contribution in [0.3, 0.4) is 0 Å². The molecular weight excluding hydrogens is 234 g/mol. The van der Waals surface area contributed by atoms with Gasteiger partial charge in [-0.15, -0.1) is 0 Å². The highest BCUT2D eigenvalue weighted by Crippen LogP contribution is 2.38. The Bertz CT molecular complexity index is 553. The van der Waals surface area contributed by atoms with E-state index < -0.39 is 0 Å². The maximum Gasteiger partial charge on any atom is 0.0570 e. The molecule has 2 unspecified atom stereocenters. The van der Waals surface area contributed by atoms with Crippen LogP contribution in [-0.2, 0) is 0 Å². The molecule has 0 aliphatic heterocycles.